The molecule has 0 aliphatic heterocycles. The highest BCUT2D eigenvalue weighted by Gasteiger charge is 2.15. The number of hydrogen-bond donors (Lipinski definition) is 2. The van der Waals surface area contributed by atoms with Gasteiger partial charge in [0.25, 0.3) is 5.91 Å². The molecule has 0 aromatic carbocycles. The average molecular weight is 371 g/mol. The molecule has 128 valence electrons. The molecule has 1 rings (SSSR count). The van der Waals surface area contributed by atoms with Crippen LogP contribution in [0.25, 0.3) is 0 Å². The van der Waals surface area contributed by atoms with Crippen molar-refractivity contribution in [3.05, 3.63) is 21.4 Å². The van der Waals surface area contributed by atoms with Crippen LogP contribution in [-0.4, -0.2) is 53.9 Å². The summed E-state index contributed by atoms with van der Waals surface area (Å²) in [4.78, 5) is 13.4. The number of thiophene rings is 1. The van der Waals surface area contributed by atoms with E-state index in [1.54, 1.807) is 13.2 Å². The lowest BCUT2D eigenvalue weighted by atomic mass is 10.3. The van der Waals surface area contributed by atoms with Gasteiger partial charge in [0.05, 0.1) is 17.2 Å². The molecule has 0 saturated heterocycles. The third-order valence-electron chi connectivity index (χ3n) is 2.73. The highest BCUT2D eigenvalue weighted by molar-refractivity contribution is 7.89. The van der Waals surface area contributed by atoms with Gasteiger partial charge in [0.2, 0.25) is 0 Å². The number of halogens is 1. The monoisotopic (exact) mass is 370 g/mol. The summed E-state index contributed by atoms with van der Waals surface area (Å²) in [6, 6.07) is 1.66. The van der Waals surface area contributed by atoms with E-state index >= 15 is 0 Å². The molecule has 1 aromatic heterocycles. The quantitative estimate of drug-likeness (QED) is 0.633. The predicted octanol–water partition coefficient (Wildman–Crippen LogP) is 0.989. The zero-order chi connectivity index (χ0) is 15.9. The van der Waals surface area contributed by atoms with Crippen molar-refractivity contribution in [2.45, 2.75) is 12.7 Å². The molecule has 0 saturated carbocycles. The lowest BCUT2D eigenvalue weighted by Crippen LogP contribution is -2.32. The SMILES string of the molecule is COCCNCCNC(=O)c1cc(CS(C)(=O)=O)c(C)s1.Cl. The molecule has 0 spiro atoms. The number of carbonyl (C=O) groups excluding carboxylic acids is 1. The van der Waals surface area contributed by atoms with Crippen molar-refractivity contribution in [3.8, 4) is 0 Å². The molecular weight excluding hydrogens is 348 g/mol. The third-order valence-corrected chi connectivity index (χ3v) is 4.66. The predicted molar refractivity (Wildman–Crippen MR) is 91.9 cm³/mol. The number of sulfone groups is 1. The number of rotatable bonds is 9. The Bertz CT molecular complexity index is 573. The van der Waals surface area contributed by atoms with Gasteiger partial charge in [-0.25, -0.2) is 8.42 Å². The molecular formula is C13H23ClN2O4S2. The van der Waals surface area contributed by atoms with Gasteiger partial charge in [0.15, 0.2) is 9.84 Å². The van der Waals surface area contributed by atoms with Crippen LogP contribution in [0.5, 0.6) is 0 Å². The van der Waals surface area contributed by atoms with Crippen LogP contribution >= 0.6 is 23.7 Å². The summed E-state index contributed by atoms with van der Waals surface area (Å²) in [5.41, 5.74) is 0.700. The van der Waals surface area contributed by atoms with Gasteiger partial charge in [-0.3, -0.25) is 4.79 Å². The Balaban J connectivity index is 0.00000441. The number of ether oxygens (including phenoxy) is 1. The molecule has 0 fully saturated rings. The van der Waals surface area contributed by atoms with E-state index in [9.17, 15) is 13.2 Å². The molecule has 9 heteroatoms. The van der Waals surface area contributed by atoms with E-state index < -0.39 is 9.84 Å². The first-order chi connectivity index (χ1) is 9.83. The van der Waals surface area contributed by atoms with Gasteiger partial charge in [-0.1, -0.05) is 0 Å². The van der Waals surface area contributed by atoms with Gasteiger partial charge in [0.1, 0.15) is 0 Å². The molecule has 6 nitrogen and oxygen atoms in total. The first-order valence-electron chi connectivity index (χ1n) is 6.58. The van der Waals surface area contributed by atoms with Crippen molar-refractivity contribution in [2.75, 3.05) is 39.6 Å². The van der Waals surface area contributed by atoms with Crippen LogP contribution in [0.4, 0.5) is 0 Å². The summed E-state index contributed by atoms with van der Waals surface area (Å²) >= 11 is 1.32. The van der Waals surface area contributed by atoms with E-state index in [4.69, 9.17) is 4.74 Å². The smallest absolute Gasteiger partial charge is 0.261 e. The molecule has 0 atom stereocenters. The van der Waals surface area contributed by atoms with Crippen LogP contribution in [0.1, 0.15) is 20.1 Å². The average Bonchev–Trinajstić information content (AvgIpc) is 2.73. The van der Waals surface area contributed by atoms with Gasteiger partial charge in [-0.2, -0.15) is 0 Å². The second-order valence-electron chi connectivity index (χ2n) is 4.76. The molecule has 1 aromatic rings. The summed E-state index contributed by atoms with van der Waals surface area (Å²) in [5, 5.41) is 5.92. The highest BCUT2D eigenvalue weighted by atomic mass is 35.5. The minimum atomic E-state index is -3.09. The van der Waals surface area contributed by atoms with E-state index in [1.807, 2.05) is 6.92 Å². The highest BCUT2D eigenvalue weighted by Crippen LogP contribution is 2.23. The van der Waals surface area contributed by atoms with Gasteiger partial charge in [-0.05, 0) is 18.6 Å². The lowest BCUT2D eigenvalue weighted by molar-refractivity contribution is 0.0957. The molecule has 22 heavy (non-hydrogen) atoms. The van der Waals surface area contributed by atoms with E-state index in [-0.39, 0.29) is 24.1 Å². The van der Waals surface area contributed by atoms with Crippen LogP contribution < -0.4 is 10.6 Å². The fourth-order valence-corrected chi connectivity index (χ4v) is 3.62. The van der Waals surface area contributed by atoms with Crippen LogP contribution in [0, 0.1) is 6.92 Å². The maximum Gasteiger partial charge on any atom is 0.261 e. The van der Waals surface area contributed by atoms with E-state index in [0.717, 1.165) is 11.4 Å². The fourth-order valence-electron chi connectivity index (χ4n) is 1.71. The Labute approximate surface area is 142 Å². The van der Waals surface area contributed by atoms with Crippen molar-refractivity contribution < 1.29 is 17.9 Å². The van der Waals surface area contributed by atoms with Crippen LogP contribution in [0.15, 0.2) is 6.07 Å². The molecule has 1 amide bonds. The second-order valence-corrected chi connectivity index (χ2v) is 8.16. The maximum atomic E-state index is 12.0. The Kier molecular flexibility index (Phi) is 9.86. The van der Waals surface area contributed by atoms with Crippen LogP contribution in [-0.2, 0) is 20.3 Å². The van der Waals surface area contributed by atoms with Crippen molar-refractivity contribution in [1.82, 2.24) is 10.6 Å². The third kappa shape index (κ3) is 8.09. The summed E-state index contributed by atoms with van der Waals surface area (Å²) in [5.74, 6) is -0.197. The Morgan fingerprint density at radius 3 is 2.59 bits per heavy atom. The summed E-state index contributed by atoms with van der Waals surface area (Å²) in [6.45, 7) is 4.38. The molecule has 0 aliphatic rings. The lowest BCUT2D eigenvalue weighted by Gasteiger charge is -2.05. The molecule has 0 radical (unpaired) electrons. The number of nitrogens with one attached hydrogen (secondary N) is 2. The van der Waals surface area contributed by atoms with E-state index in [2.05, 4.69) is 10.6 Å². The first kappa shape index (κ1) is 21.3. The normalized spacial score (nSPS) is 11.0. The minimum absolute atomic E-state index is 0. The van der Waals surface area contributed by atoms with Gasteiger partial charge in [-0.15, -0.1) is 23.7 Å². The molecule has 0 aliphatic carbocycles. The number of carbonyl (C=O) groups is 1. The Morgan fingerprint density at radius 1 is 1.32 bits per heavy atom. The summed E-state index contributed by atoms with van der Waals surface area (Å²) in [6.07, 6.45) is 1.19. The molecule has 0 bridgehead atoms. The summed E-state index contributed by atoms with van der Waals surface area (Å²) < 4.78 is 27.5. The fraction of sp³-hybridized carbons (Fsp3) is 0.615. The number of amides is 1. The molecule has 0 unspecified atom stereocenters. The largest absolute Gasteiger partial charge is 0.383 e. The van der Waals surface area contributed by atoms with Crippen molar-refractivity contribution >= 4 is 39.5 Å². The molecule has 1 heterocycles. The van der Waals surface area contributed by atoms with Crippen molar-refractivity contribution in [2.24, 2.45) is 0 Å². The number of aryl methyl sites for hydroxylation is 1. The van der Waals surface area contributed by atoms with Crippen LogP contribution in [0.2, 0.25) is 0 Å². The zero-order valence-corrected chi connectivity index (χ0v) is 15.4. The zero-order valence-electron chi connectivity index (χ0n) is 13.0. The maximum absolute atomic E-state index is 12.0. The van der Waals surface area contributed by atoms with Gasteiger partial charge in [0, 0.05) is 37.9 Å². The van der Waals surface area contributed by atoms with E-state index in [1.165, 1.54) is 17.6 Å². The van der Waals surface area contributed by atoms with Crippen molar-refractivity contribution in [3.63, 3.8) is 0 Å². The Morgan fingerprint density at radius 2 is 2.00 bits per heavy atom. The molecule has 2 N–H and O–H groups in total. The Hall–Kier alpha value is -0.670. The second kappa shape index (κ2) is 10.2. The summed E-state index contributed by atoms with van der Waals surface area (Å²) in [7, 11) is -1.45. The standard InChI is InChI=1S/C13H22N2O4S2.ClH/c1-10-11(9-21(3,17)18)8-12(20-10)13(16)15-5-4-14-6-7-19-2;/h8,14H,4-7,9H2,1-3H3,(H,15,16);1H. The van der Waals surface area contributed by atoms with Gasteiger partial charge < -0.3 is 15.4 Å². The van der Waals surface area contributed by atoms with E-state index in [0.29, 0.717) is 30.1 Å². The number of hydrogen-bond acceptors (Lipinski definition) is 6. The van der Waals surface area contributed by atoms with Crippen molar-refractivity contribution in [1.29, 1.82) is 0 Å². The minimum Gasteiger partial charge on any atom is -0.383 e. The van der Waals surface area contributed by atoms with Crippen LogP contribution in [0.3, 0.4) is 0 Å². The van der Waals surface area contributed by atoms with Gasteiger partial charge >= 0.3 is 0 Å². The topological polar surface area (TPSA) is 84.5 Å². The number of methoxy groups -OCH3 is 1. The first-order valence-corrected chi connectivity index (χ1v) is 9.46.